The lowest BCUT2D eigenvalue weighted by molar-refractivity contribution is -0.117. The highest BCUT2D eigenvalue weighted by molar-refractivity contribution is 7.98. The molecule has 0 radical (unpaired) electrons. The molecule has 0 atom stereocenters. The molecule has 0 unspecified atom stereocenters. The summed E-state index contributed by atoms with van der Waals surface area (Å²) in [6, 6.07) is 7.91. The second-order valence-corrected chi connectivity index (χ2v) is 6.49. The quantitative estimate of drug-likeness (QED) is 0.838. The first kappa shape index (κ1) is 16.7. The number of amides is 1. The van der Waals surface area contributed by atoms with Crippen molar-refractivity contribution in [1.29, 1.82) is 0 Å². The van der Waals surface area contributed by atoms with Crippen molar-refractivity contribution in [2.24, 2.45) is 0 Å². The van der Waals surface area contributed by atoms with Crippen LogP contribution < -0.4 is 10.2 Å². The third-order valence-corrected chi connectivity index (χ3v) is 4.69. The average Bonchev–Trinajstić information content (AvgIpc) is 2.63. The summed E-state index contributed by atoms with van der Waals surface area (Å²) < 4.78 is 0. The minimum atomic E-state index is 0.0289. The molecular weight excluding hydrogens is 322 g/mol. The number of carbonyl (C=O) groups is 1. The summed E-state index contributed by atoms with van der Waals surface area (Å²) in [6.45, 7) is 3.81. The van der Waals surface area contributed by atoms with Crippen molar-refractivity contribution in [3.8, 4) is 0 Å². The average molecular weight is 343 g/mol. The molecule has 3 rings (SSSR count). The van der Waals surface area contributed by atoms with Crippen molar-refractivity contribution >= 4 is 29.2 Å². The van der Waals surface area contributed by atoms with Crippen LogP contribution in [0.2, 0.25) is 0 Å². The predicted octanol–water partition coefficient (Wildman–Crippen LogP) is 1.96. The Labute approximate surface area is 146 Å². The van der Waals surface area contributed by atoms with Crippen LogP contribution in [0.3, 0.4) is 0 Å². The Morgan fingerprint density at radius 3 is 2.79 bits per heavy atom. The molecule has 6 nitrogen and oxygen atoms in total. The van der Waals surface area contributed by atoms with Gasteiger partial charge in [0.15, 0.2) is 0 Å². The van der Waals surface area contributed by atoms with E-state index in [1.54, 1.807) is 30.4 Å². The number of piperazine rings is 1. The second-order valence-electron chi connectivity index (χ2n) is 5.61. The maximum Gasteiger partial charge on any atom is 0.238 e. The summed E-state index contributed by atoms with van der Waals surface area (Å²) in [7, 11) is 0. The zero-order valence-electron chi connectivity index (χ0n) is 13.7. The largest absolute Gasteiger partial charge is 0.353 e. The van der Waals surface area contributed by atoms with Crippen molar-refractivity contribution < 1.29 is 4.79 Å². The maximum atomic E-state index is 12.2. The highest BCUT2D eigenvalue weighted by Crippen LogP contribution is 2.19. The number of rotatable bonds is 5. The SMILES string of the molecule is CSc1cccc(NC(=O)CN2CCN(c3cnccn3)CC2)c1. The molecule has 1 saturated heterocycles. The van der Waals surface area contributed by atoms with Gasteiger partial charge in [-0.05, 0) is 24.5 Å². The van der Waals surface area contributed by atoms with Crippen LogP contribution in [0.25, 0.3) is 0 Å². The number of thioether (sulfide) groups is 1. The van der Waals surface area contributed by atoms with E-state index in [0.29, 0.717) is 6.54 Å². The molecule has 1 aliphatic heterocycles. The zero-order valence-corrected chi connectivity index (χ0v) is 14.5. The van der Waals surface area contributed by atoms with Crippen molar-refractivity contribution in [1.82, 2.24) is 14.9 Å². The summed E-state index contributed by atoms with van der Waals surface area (Å²) in [5.41, 5.74) is 0.852. The van der Waals surface area contributed by atoms with Crippen LogP contribution in [0.5, 0.6) is 0 Å². The van der Waals surface area contributed by atoms with E-state index in [-0.39, 0.29) is 5.91 Å². The van der Waals surface area contributed by atoms with E-state index >= 15 is 0 Å². The summed E-state index contributed by atoms with van der Waals surface area (Å²) >= 11 is 1.67. The lowest BCUT2D eigenvalue weighted by Gasteiger charge is -2.34. The van der Waals surface area contributed by atoms with Crippen LogP contribution in [0.15, 0.2) is 47.8 Å². The van der Waals surface area contributed by atoms with E-state index in [1.807, 2.05) is 30.5 Å². The van der Waals surface area contributed by atoms with Gasteiger partial charge < -0.3 is 10.2 Å². The van der Waals surface area contributed by atoms with Gasteiger partial charge in [-0.15, -0.1) is 11.8 Å². The van der Waals surface area contributed by atoms with Gasteiger partial charge in [0, 0.05) is 49.2 Å². The Bertz CT molecular complexity index is 674. The van der Waals surface area contributed by atoms with Crippen molar-refractivity contribution in [3.63, 3.8) is 0 Å². The molecule has 2 aromatic rings. The summed E-state index contributed by atoms with van der Waals surface area (Å²) in [5.74, 6) is 0.927. The van der Waals surface area contributed by atoms with Gasteiger partial charge in [0.1, 0.15) is 5.82 Å². The molecule has 1 amide bonds. The van der Waals surface area contributed by atoms with Crippen molar-refractivity contribution in [2.45, 2.75) is 4.90 Å². The summed E-state index contributed by atoms with van der Waals surface area (Å²) in [4.78, 5) is 26.2. The normalized spacial score (nSPS) is 15.3. The van der Waals surface area contributed by atoms with Gasteiger partial charge in [0.05, 0.1) is 12.7 Å². The monoisotopic (exact) mass is 343 g/mol. The molecule has 0 aliphatic carbocycles. The van der Waals surface area contributed by atoms with Crippen LogP contribution in [-0.2, 0) is 4.79 Å². The zero-order chi connectivity index (χ0) is 16.8. The molecule has 0 saturated carbocycles. The van der Waals surface area contributed by atoms with Gasteiger partial charge in [-0.3, -0.25) is 14.7 Å². The lowest BCUT2D eigenvalue weighted by Crippen LogP contribution is -2.48. The van der Waals surface area contributed by atoms with Gasteiger partial charge in [0.25, 0.3) is 0 Å². The minimum Gasteiger partial charge on any atom is -0.353 e. The van der Waals surface area contributed by atoms with Crippen LogP contribution >= 0.6 is 11.8 Å². The fourth-order valence-electron chi connectivity index (χ4n) is 2.69. The van der Waals surface area contributed by atoms with Gasteiger partial charge in [-0.1, -0.05) is 6.07 Å². The molecule has 1 aromatic heterocycles. The molecule has 126 valence electrons. The fourth-order valence-corrected chi connectivity index (χ4v) is 3.15. The molecule has 24 heavy (non-hydrogen) atoms. The highest BCUT2D eigenvalue weighted by atomic mass is 32.2. The van der Waals surface area contributed by atoms with E-state index in [9.17, 15) is 4.79 Å². The molecule has 2 heterocycles. The first-order valence-corrected chi connectivity index (χ1v) is 9.14. The van der Waals surface area contributed by atoms with E-state index in [0.717, 1.165) is 42.6 Å². The van der Waals surface area contributed by atoms with Crippen molar-refractivity contribution in [2.75, 3.05) is 49.2 Å². The number of benzene rings is 1. The topological polar surface area (TPSA) is 61.4 Å². The van der Waals surface area contributed by atoms with Crippen LogP contribution in [0.4, 0.5) is 11.5 Å². The van der Waals surface area contributed by atoms with E-state index in [1.165, 1.54) is 0 Å². The van der Waals surface area contributed by atoms with Gasteiger partial charge in [0.2, 0.25) is 5.91 Å². The number of nitrogens with zero attached hydrogens (tertiary/aromatic N) is 4. The van der Waals surface area contributed by atoms with E-state index in [2.05, 4.69) is 25.1 Å². The first-order chi connectivity index (χ1) is 11.7. The van der Waals surface area contributed by atoms with Crippen LogP contribution in [0, 0.1) is 0 Å². The van der Waals surface area contributed by atoms with Crippen molar-refractivity contribution in [3.05, 3.63) is 42.9 Å². The third kappa shape index (κ3) is 4.46. The molecule has 0 spiro atoms. The summed E-state index contributed by atoms with van der Waals surface area (Å²) in [6.07, 6.45) is 7.19. The second kappa shape index (κ2) is 8.12. The number of carbonyl (C=O) groups excluding carboxylic acids is 1. The maximum absolute atomic E-state index is 12.2. The number of hydrogen-bond donors (Lipinski definition) is 1. The van der Waals surface area contributed by atoms with Crippen LogP contribution in [-0.4, -0.2) is 59.8 Å². The predicted molar refractivity (Wildman–Crippen MR) is 97.5 cm³/mol. The molecule has 0 bridgehead atoms. The van der Waals surface area contributed by atoms with E-state index < -0.39 is 0 Å². The molecule has 1 N–H and O–H groups in total. The number of nitrogens with one attached hydrogen (secondary N) is 1. The Hall–Kier alpha value is -2.12. The Morgan fingerprint density at radius 1 is 1.25 bits per heavy atom. The molecule has 7 heteroatoms. The van der Waals surface area contributed by atoms with Gasteiger partial charge in [-0.25, -0.2) is 4.98 Å². The summed E-state index contributed by atoms with van der Waals surface area (Å²) in [5, 5.41) is 2.98. The highest BCUT2D eigenvalue weighted by Gasteiger charge is 2.19. The van der Waals surface area contributed by atoms with Crippen LogP contribution in [0.1, 0.15) is 0 Å². The van der Waals surface area contributed by atoms with Gasteiger partial charge in [-0.2, -0.15) is 0 Å². The third-order valence-electron chi connectivity index (χ3n) is 3.97. The van der Waals surface area contributed by atoms with E-state index in [4.69, 9.17) is 0 Å². The molecular formula is C17H21N5OS. The smallest absolute Gasteiger partial charge is 0.238 e. The number of aromatic nitrogens is 2. The Morgan fingerprint density at radius 2 is 2.08 bits per heavy atom. The minimum absolute atomic E-state index is 0.0289. The Balaban J connectivity index is 1.48. The molecule has 1 aliphatic rings. The standard InChI is InChI=1S/C17H21N5OS/c1-24-15-4-2-3-14(11-15)20-17(23)13-21-7-9-22(10-8-21)16-12-18-5-6-19-16/h2-6,11-12H,7-10,13H2,1H3,(H,20,23). The number of hydrogen-bond acceptors (Lipinski definition) is 6. The first-order valence-electron chi connectivity index (χ1n) is 7.92. The number of anilines is 2. The molecule has 1 aromatic carbocycles. The molecule has 1 fully saturated rings. The Kier molecular flexibility index (Phi) is 5.66. The fraction of sp³-hybridized carbons (Fsp3) is 0.353. The lowest BCUT2D eigenvalue weighted by atomic mass is 10.3. The van der Waals surface area contributed by atoms with Gasteiger partial charge >= 0.3 is 0 Å².